The van der Waals surface area contributed by atoms with Gasteiger partial charge in [-0.2, -0.15) is 0 Å². The number of rotatable bonds is 6. The molecular weight excluding hydrogens is 356 g/mol. The van der Waals surface area contributed by atoms with Gasteiger partial charge in [0.25, 0.3) is 11.8 Å². The van der Waals surface area contributed by atoms with Crippen molar-refractivity contribution >= 4 is 11.8 Å². The number of carbonyl (C=O) groups excluding carboxylic acids is 2. The van der Waals surface area contributed by atoms with Crippen molar-refractivity contribution in [1.82, 2.24) is 4.90 Å². The number of hydrogen-bond acceptors (Lipinski definition) is 4. The second kappa shape index (κ2) is 9.26. The van der Waals surface area contributed by atoms with E-state index in [9.17, 15) is 9.59 Å². The van der Waals surface area contributed by atoms with Crippen LogP contribution in [0.2, 0.25) is 0 Å². The molecule has 2 aromatic rings. The maximum absolute atomic E-state index is 13.2. The molecule has 2 N–H and O–H groups in total. The van der Waals surface area contributed by atoms with Gasteiger partial charge in [-0.3, -0.25) is 9.59 Å². The van der Waals surface area contributed by atoms with E-state index in [1.54, 1.807) is 31.4 Å². The van der Waals surface area contributed by atoms with Crippen LogP contribution < -0.4 is 15.2 Å². The maximum Gasteiger partial charge on any atom is 0.255 e. The zero-order valence-corrected chi connectivity index (χ0v) is 16.1. The van der Waals surface area contributed by atoms with Crippen LogP contribution in [0, 0.1) is 0 Å². The average molecular weight is 382 g/mol. The molecule has 1 fully saturated rings. The Bertz CT molecular complexity index is 802. The van der Waals surface area contributed by atoms with Crippen LogP contribution in [0.1, 0.15) is 47.6 Å². The van der Waals surface area contributed by atoms with Crippen LogP contribution in [0.5, 0.6) is 11.5 Å². The molecule has 1 heterocycles. The highest BCUT2D eigenvalue weighted by atomic mass is 16.5. The fourth-order valence-corrected chi connectivity index (χ4v) is 3.54. The number of nitrogens with zero attached hydrogens (tertiary/aromatic N) is 1. The minimum Gasteiger partial charge on any atom is -0.497 e. The standard InChI is InChI=1S/C22H26N2O4/c1-27-18-10-6-16(7-11-18)20-5-3-2-4-14-24(20)22(26)17-8-12-19(13-9-17)28-15-21(23)25/h6-13,20H,2-5,14-15H2,1H3,(H2,23,25)/t20-/m0/s1. The van der Waals surface area contributed by atoms with Gasteiger partial charge in [0, 0.05) is 12.1 Å². The zero-order chi connectivity index (χ0) is 19.9. The molecule has 148 valence electrons. The Morgan fingerprint density at radius 2 is 1.68 bits per heavy atom. The van der Waals surface area contributed by atoms with Gasteiger partial charge in [0.2, 0.25) is 0 Å². The Balaban J connectivity index is 1.79. The van der Waals surface area contributed by atoms with Crippen molar-refractivity contribution in [3.05, 3.63) is 59.7 Å². The molecule has 1 aliphatic rings. The molecule has 28 heavy (non-hydrogen) atoms. The second-order valence-corrected chi connectivity index (χ2v) is 6.92. The number of hydrogen-bond donors (Lipinski definition) is 1. The molecule has 0 bridgehead atoms. The lowest BCUT2D eigenvalue weighted by molar-refractivity contribution is -0.119. The van der Waals surface area contributed by atoms with Gasteiger partial charge < -0.3 is 20.1 Å². The Kier molecular flexibility index (Phi) is 6.53. The Morgan fingerprint density at radius 1 is 1.00 bits per heavy atom. The van der Waals surface area contributed by atoms with E-state index in [4.69, 9.17) is 15.2 Å². The fourth-order valence-electron chi connectivity index (χ4n) is 3.54. The van der Waals surface area contributed by atoms with Crippen LogP contribution >= 0.6 is 0 Å². The molecule has 1 atom stereocenters. The Morgan fingerprint density at radius 3 is 2.32 bits per heavy atom. The first-order valence-corrected chi connectivity index (χ1v) is 9.54. The number of nitrogens with two attached hydrogens (primary N) is 1. The number of carbonyl (C=O) groups is 2. The molecule has 0 aromatic heterocycles. The lowest BCUT2D eigenvalue weighted by Gasteiger charge is -2.31. The van der Waals surface area contributed by atoms with Crippen LogP contribution in [-0.2, 0) is 4.79 Å². The molecule has 0 saturated carbocycles. The SMILES string of the molecule is COc1ccc([C@@H]2CCCCCN2C(=O)c2ccc(OCC(N)=O)cc2)cc1. The largest absolute Gasteiger partial charge is 0.497 e. The van der Waals surface area contributed by atoms with Crippen molar-refractivity contribution in [2.75, 3.05) is 20.3 Å². The quantitative estimate of drug-likeness (QED) is 0.831. The van der Waals surface area contributed by atoms with E-state index in [0.29, 0.717) is 11.3 Å². The summed E-state index contributed by atoms with van der Waals surface area (Å²) in [6.07, 6.45) is 4.16. The van der Waals surface area contributed by atoms with Crippen LogP contribution in [0.3, 0.4) is 0 Å². The molecule has 3 rings (SSSR count). The van der Waals surface area contributed by atoms with Crippen LogP contribution in [-0.4, -0.2) is 37.0 Å². The zero-order valence-electron chi connectivity index (χ0n) is 16.1. The van der Waals surface area contributed by atoms with E-state index < -0.39 is 5.91 Å². The van der Waals surface area contributed by atoms with Crippen LogP contribution in [0.15, 0.2) is 48.5 Å². The summed E-state index contributed by atoms with van der Waals surface area (Å²) in [5.74, 6) is 0.788. The third-order valence-corrected chi connectivity index (χ3v) is 5.00. The van der Waals surface area contributed by atoms with Gasteiger partial charge in [-0.15, -0.1) is 0 Å². The Hall–Kier alpha value is -3.02. The van der Waals surface area contributed by atoms with E-state index in [1.165, 1.54) is 0 Å². The van der Waals surface area contributed by atoms with Crippen molar-refractivity contribution in [2.45, 2.75) is 31.7 Å². The lowest BCUT2D eigenvalue weighted by Crippen LogP contribution is -2.34. The van der Waals surface area contributed by atoms with E-state index in [2.05, 4.69) is 0 Å². The summed E-state index contributed by atoms with van der Waals surface area (Å²) in [4.78, 5) is 26.0. The van der Waals surface area contributed by atoms with Gasteiger partial charge in [0.1, 0.15) is 11.5 Å². The highest BCUT2D eigenvalue weighted by molar-refractivity contribution is 5.94. The molecule has 1 aliphatic heterocycles. The predicted molar refractivity (Wildman–Crippen MR) is 106 cm³/mol. The molecular formula is C22H26N2O4. The molecule has 0 spiro atoms. The van der Waals surface area contributed by atoms with Gasteiger partial charge in [0.15, 0.2) is 6.61 Å². The van der Waals surface area contributed by atoms with Crippen molar-refractivity contribution in [1.29, 1.82) is 0 Å². The summed E-state index contributed by atoms with van der Waals surface area (Å²) in [5, 5.41) is 0. The summed E-state index contributed by atoms with van der Waals surface area (Å²) in [6.45, 7) is 0.550. The molecule has 6 nitrogen and oxygen atoms in total. The molecule has 0 radical (unpaired) electrons. The average Bonchev–Trinajstić information content (AvgIpc) is 2.98. The molecule has 6 heteroatoms. The highest BCUT2D eigenvalue weighted by Crippen LogP contribution is 2.32. The summed E-state index contributed by atoms with van der Waals surface area (Å²) >= 11 is 0. The highest BCUT2D eigenvalue weighted by Gasteiger charge is 2.27. The third-order valence-electron chi connectivity index (χ3n) is 5.00. The third kappa shape index (κ3) is 4.82. The number of benzene rings is 2. The van der Waals surface area contributed by atoms with Crippen molar-refractivity contribution in [2.24, 2.45) is 5.73 Å². The van der Waals surface area contributed by atoms with Gasteiger partial charge in [-0.1, -0.05) is 25.0 Å². The first kappa shape index (κ1) is 19.7. The first-order valence-electron chi connectivity index (χ1n) is 9.54. The van der Waals surface area contributed by atoms with E-state index >= 15 is 0 Å². The molecule has 0 aliphatic carbocycles. The lowest BCUT2D eigenvalue weighted by atomic mass is 10.00. The number of amides is 2. The molecule has 2 amide bonds. The van der Waals surface area contributed by atoms with Crippen molar-refractivity contribution < 1.29 is 19.1 Å². The van der Waals surface area contributed by atoms with E-state index in [0.717, 1.165) is 43.5 Å². The van der Waals surface area contributed by atoms with Gasteiger partial charge in [0.05, 0.1) is 13.2 Å². The number of primary amides is 1. The summed E-state index contributed by atoms with van der Waals surface area (Å²) < 4.78 is 10.5. The topological polar surface area (TPSA) is 81.9 Å². The Labute approximate surface area is 165 Å². The van der Waals surface area contributed by atoms with E-state index in [-0.39, 0.29) is 18.6 Å². The van der Waals surface area contributed by atoms with E-state index in [1.807, 2.05) is 29.2 Å². The van der Waals surface area contributed by atoms with Crippen LogP contribution in [0.25, 0.3) is 0 Å². The smallest absolute Gasteiger partial charge is 0.255 e. The summed E-state index contributed by atoms with van der Waals surface area (Å²) in [5.41, 5.74) is 6.81. The minimum absolute atomic E-state index is 0.00386. The number of ether oxygens (including phenoxy) is 2. The monoisotopic (exact) mass is 382 g/mol. The van der Waals surface area contributed by atoms with Crippen LogP contribution in [0.4, 0.5) is 0 Å². The molecule has 2 aromatic carbocycles. The maximum atomic E-state index is 13.2. The molecule has 1 saturated heterocycles. The normalized spacial score (nSPS) is 16.9. The van der Waals surface area contributed by atoms with Crippen molar-refractivity contribution in [3.8, 4) is 11.5 Å². The minimum atomic E-state index is -0.535. The second-order valence-electron chi connectivity index (χ2n) is 6.92. The number of methoxy groups -OCH3 is 1. The fraction of sp³-hybridized carbons (Fsp3) is 0.364. The van der Waals surface area contributed by atoms with Gasteiger partial charge in [-0.25, -0.2) is 0 Å². The predicted octanol–water partition coefficient (Wildman–Crippen LogP) is 3.32. The molecule has 0 unspecified atom stereocenters. The summed E-state index contributed by atoms with van der Waals surface area (Å²) in [6, 6.07) is 14.8. The van der Waals surface area contributed by atoms with Gasteiger partial charge in [-0.05, 0) is 54.8 Å². The van der Waals surface area contributed by atoms with Gasteiger partial charge >= 0.3 is 0 Å². The number of likely N-dealkylation sites (tertiary alicyclic amines) is 1. The van der Waals surface area contributed by atoms with Crippen molar-refractivity contribution in [3.63, 3.8) is 0 Å². The summed E-state index contributed by atoms with van der Waals surface area (Å²) in [7, 11) is 1.65. The first-order chi connectivity index (χ1) is 13.6.